The molecule has 0 rings (SSSR count). The molecule has 0 aromatic rings. The smallest absolute Gasteiger partial charge is 0.306 e. The molecule has 0 aromatic carbocycles. The van der Waals surface area contributed by atoms with Crippen molar-refractivity contribution in [1.82, 2.24) is 0 Å². The molecular weight excluding hydrogens is 1020 g/mol. The average molecular weight is 1150 g/mol. The molecule has 0 fully saturated rings. The standard InChI is InChI=1S/C77H130O6/c1-4-7-10-13-16-19-22-25-28-30-32-33-34-35-36-37-38-39-40-41-42-43-44-45-46-48-49-52-55-58-61-64-67-70-76(79)82-73-74(72-81-75(78)69-66-63-60-57-54-51-27-24-21-18-15-12-9-6-3)83-77(80)71-68-65-62-59-56-53-50-47-31-29-26-23-20-17-14-11-8-5-2/h7,10,16,19,25,28-29,31-33,35-36,38-39,41-42,44-45,48-49,74H,4-6,8-9,11-15,17-18,20-24,26-27,30,34,37,40,43,46-47,50-73H2,1-3H3/b10-7-,19-16-,28-25-,31-29-,33-32-,36-35-,39-38-,42-41-,45-44-,49-48-. The second-order valence-electron chi connectivity index (χ2n) is 23.1. The third kappa shape index (κ3) is 68.5. The molecule has 0 aliphatic heterocycles. The van der Waals surface area contributed by atoms with Crippen LogP contribution >= 0.6 is 0 Å². The maximum atomic E-state index is 12.9. The van der Waals surface area contributed by atoms with E-state index in [0.29, 0.717) is 19.3 Å². The molecule has 83 heavy (non-hydrogen) atoms. The van der Waals surface area contributed by atoms with Gasteiger partial charge in [-0.3, -0.25) is 14.4 Å². The molecule has 0 radical (unpaired) electrons. The molecule has 1 atom stereocenters. The summed E-state index contributed by atoms with van der Waals surface area (Å²) in [6, 6.07) is 0. The van der Waals surface area contributed by atoms with Crippen LogP contribution in [-0.2, 0) is 28.6 Å². The van der Waals surface area contributed by atoms with E-state index in [1.807, 2.05) is 0 Å². The summed E-state index contributed by atoms with van der Waals surface area (Å²) in [7, 11) is 0. The maximum absolute atomic E-state index is 12.9. The highest BCUT2D eigenvalue weighted by Crippen LogP contribution is 2.16. The minimum Gasteiger partial charge on any atom is -0.462 e. The third-order valence-corrected chi connectivity index (χ3v) is 15.0. The third-order valence-electron chi connectivity index (χ3n) is 15.0. The summed E-state index contributed by atoms with van der Waals surface area (Å²) in [6.45, 7) is 6.54. The molecule has 0 saturated carbocycles. The predicted octanol–water partition coefficient (Wildman–Crippen LogP) is 24.3. The normalized spacial score (nSPS) is 12.9. The van der Waals surface area contributed by atoms with Gasteiger partial charge >= 0.3 is 17.9 Å². The summed E-state index contributed by atoms with van der Waals surface area (Å²) in [5, 5.41) is 0. The maximum Gasteiger partial charge on any atom is 0.306 e. The number of allylic oxidation sites excluding steroid dienone is 20. The van der Waals surface area contributed by atoms with Gasteiger partial charge in [-0.2, -0.15) is 0 Å². The summed E-state index contributed by atoms with van der Waals surface area (Å²) < 4.78 is 17.0. The molecule has 0 aliphatic rings. The Morgan fingerprint density at radius 3 is 0.747 bits per heavy atom. The van der Waals surface area contributed by atoms with E-state index in [9.17, 15) is 14.4 Å². The first-order valence-electron chi connectivity index (χ1n) is 35.0. The SMILES string of the molecule is CC/C=C\C/C=C\C/C=C\C/C=C\C/C=C\C/C=C\C/C=C\C/C=C\C/C=C\CCCCCCCC(=O)OCC(COC(=O)CCCCCCCCCCCCCCCC)OC(=O)CCCCCCCCC/C=C\CCCCCCCCC. The van der Waals surface area contributed by atoms with Gasteiger partial charge in [0.15, 0.2) is 6.10 Å². The van der Waals surface area contributed by atoms with E-state index < -0.39 is 6.10 Å². The fraction of sp³-hybridized carbons (Fsp3) is 0.701. The van der Waals surface area contributed by atoms with Crippen molar-refractivity contribution in [2.75, 3.05) is 13.2 Å². The topological polar surface area (TPSA) is 78.9 Å². The van der Waals surface area contributed by atoms with Crippen LogP contribution in [0.3, 0.4) is 0 Å². The Morgan fingerprint density at radius 2 is 0.470 bits per heavy atom. The van der Waals surface area contributed by atoms with E-state index in [4.69, 9.17) is 14.2 Å². The van der Waals surface area contributed by atoms with Gasteiger partial charge in [0.2, 0.25) is 0 Å². The molecule has 1 unspecified atom stereocenters. The number of ether oxygens (including phenoxy) is 3. The van der Waals surface area contributed by atoms with Crippen molar-refractivity contribution in [2.24, 2.45) is 0 Å². The summed E-state index contributed by atoms with van der Waals surface area (Å²) in [5.41, 5.74) is 0. The van der Waals surface area contributed by atoms with Crippen LogP contribution in [0.15, 0.2) is 122 Å². The molecule has 0 spiro atoms. The number of carbonyl (C=O) groups is 3. The van der Waals surface area contributed by atoms with Gasteiger partial charge in [0, 0.05) is 19.3 Å². The molecule has 0 heterocycles. The van der Waals surface area contributed by atoms with Crippen LogP contribution in [0.5, 0.6) is 0 Å². The summed E-state index contributed by atoms with van der Waals surface area (Å²) >= 11 is 0. The zero-order valence-electron chi connectivity index (χ0n) is 54.4. The summed E-state index contributed by atoms with van der Waals surface area (Å²) in [6.07, 6.45) is 97.8. The first kappa shape index (κ1) is 78.8. The van der Waals surface area contributed by atoms with Crippen LogP contribution in [-0.4, -0.2) is 37.2 Å². The Kier molecular flexibility index (Phi) is 66.7. The van der Waals surface area contributed by atoms with Crippen LogP contribution in [0.2, 0.25) is 0 Å². The van der Waals surface area contributed by atoms with Gasteiger partial charge < -0.3 is 14.2 Å². The van der Waals surface area contributed by atoms with E-state index in [0.717, 1.165) is 135 Å². The lowest BCUT2D eigenvalue weighted by Gasteiger charge is -2.18. The van der Waals surface area contributed by atoms with Crippen molar-refractivity contribution in [2.45, 2.75) is 335 Å². The van der Waals surface area contributed by atoms with Crippen LogP contribution in [0.4, 0.5) is 0 Å². The molecule has 0 aromatic heterocycles. The highest BCUT2D eigenvalue weighted by molar-refractivity contribution is 5.71. The van der Waals surface area contributed by atoms with E-state index >= 15 is 0 Å². The number of hydrogen-bond donors (Lipinski definition) is 0. The van der Waals surface area contributed by atoms with Gasteiger partial charge in [-0.05, 0) is 116 Å². The van der Waals surface area contributed by atoms with Crippen molar-refractivity contribution in [3.05, 3.63) is 122 Å². The van der Waals surface area contributed by atoms with Crippen LogP contribution in [0.25, 0.3) is 0 Å². The fourth-order valence-electron chi connectivity index (χ4n) is 9.73. The molecule has 0 bridgehead atoms. The largest absolute Gasteiger partial charge is 0.462 e. The molecule has 0 N–H and O–H groups in total. The monoisotopic (exact) mass is 1150 g/mol. The lowest BCUT2D eigenvalue weighted by Crippen LogP contribution is -2.30. The molecule has 0 amide bonds. The van der Waals surface area contributed by atoms with Crippen molar-refractivity contribution < 1.29 is 28.6 Å². The number of hydrogen-bond acceptors (Lipinski definition) is 6. The van der Waals surface area contributed by atoms with Gasteiger partial charge in [0.1, 0.15) is 13.2 Å². The zero-order chi connectivity index (χ0) is 59.9. The van der Waals surface area contributed by atoms with Crippen LogP contribution in [0.1, 0.15) is 329 Å². The van der Waals surface area contributed by atoms with E-state index in [-0.39, 0.29) is 31.1 Å². The molecule has 0 saturated heterocycles. The number of rotatable bonds is 63. The quantitative estimate of drug-likeness (QED) is 0.0261. The van der Waals surface area contributed by atoms with Gasteiger partial charge in [-0.15, -0.1) is 0 Å². The molecule has 474 valence electrons. The molecule has 0 aliphatic carbocycles. The average Bonchev–Trinajstić information content (AvgIpc) is 3.49. The Labute approximate surface area is 513 Å². The minimum atomic E-state index is -0.790. The fourth-order valence-corrected chi connectivity index (χ4v) is 9.73. The molecule has 6 heteroatoms. The first-order chi connectivity index (χ1) is 41.0. The Hall–Kier alpha value is -4.19. The highest BCUT2D eigenvalue weighted by atomic mass is 16.6. The number of carbonyl (C=O) groups excluding carboxylic acids is 3. The summed E-state index contributed by atoms with van der Waals surface area (Å²) in [5.74, 6) is -0.897. The van der Waals surface area contributed by atoms with E-state index in [1.165, 1.54) is 154 Å². The Bertz CT molecular complexity index is 1700. The number of esters is 3. The first-order valence-corrected chi connectivity index (χ1v) is 35.0. The predicted molar refractivity (Wildman–Crippen MR) is 362 cm³/mol. The van der Waals surface area contributed by atoms with Gasteiger partial charge in [0.05, 0.1) is 0 Å². The van der Waals surface area contributed by atoms with Crippen molar-refractivity contribution in [1.29, 1.82) is 0 Å². The molecular formula is C77H130O6. The van der Waals surface area contributed by atoms with Crippen LogP contribution < -0.4 is 0 Å². The lowest BCUT2D eigenvalue weighted by atomic mass is 10.0. The highest BCUT2D eigenvalue weighted by Gasteiger charge is 2.19. The van der Waals surface area contributed by atoms with Crippen molar-refractivity contribution in [3.8, 4) is 0 Å². The van der Waals surface area contributed by atoms with Crippen molar-refractivity contribution >= 4 is 17.9 Å². The number of unbranched alkanes of at least 4 members (excludes halogenated alkanes) is 32. The van der Waals surface area contributed by atoms with Gasteiger partial charge in [-0.1, -0.05) is 316 Å². The lowest BCUT2D eigenvalue weighted by molar-refractivity contribution is -0.167. The second kappa shape index (κ2) is 70.3. The minimum absolute atomic E-state index is 0.0842. The Balaban J connectivity index is 4.34. The van der Waals surface area contributed by atoms with E-state index in [2.05, 4.69) is 142 Å². The van der Waals surface area contributed by atoms with E-state index in [1.54, 1.807) is 0 Å². The summed E-state index contributed by atoms with van der Waals surface area (Å²) in [4.78, 5) is 38.4. The van der Waals surface area contributed by atoms with Gasteiger partial charge in [-0.25, -0.2) is 0 Å². The van der Waals surface area contributed by atoms with Crippen molar-refractivity contribution in [3.63, 3.8) is 0 Å². The van der Waals surface area contributed by atoms with Crippen LogP contribution in [0, 0.1) is 0 Å². The zero-order valence-corrected chi connectivity index (χ0v) is 54.4. The Morgan fingerprint density at radius 1 is 0.253 bits per heavy atom. The van der Waals surface area contributed by atoms with Gasteiger partial charge in [0.25, 0.3) is 0 Å². The molecule has 6 nitrogen and oxygen atoms in total. The second-order valence-corrected chi connectivity index (χ2v) is 23.1.